The molecule has 1 saturated heterocycles. The second kappa shape index (κ2) is 21.5. The molecule has 3 aromatic rings. The molecule has 0 saturated carbocycles. The highest BCUT2D eigenvalue weighted by atomic mass is 35.5. The van der Waals surface area contributed by atoms with Crippen molar-refractivity contribution in [3.8, 4) is 29.1 Å². The van der Waals surface area contributed by atoms with E-state index in [0.29, 0.717) is 5.57 Å². The summed E-state index contributed by atoms with van der Waals surface area (Å²) in [4.78, 5) is 29.9. The van der Waals surface area contributed by atoms with Crippen molar-refractivity contribution in [3.63, 3.8) is 0 Å². The number of carbonyl (C=O) groups excluding carboxylic acids is 2. The van der Waals surface area contributed by atoms with E-state index in [4.69, 9.17) is 49.2 Å². The van der Waals surface area contributed by atoms with Crippen molar-refractivity contribution in [2.75, 3.05) is 34.2 Å². The Morgan fingerprint density at radius 2 is 1.70 bits per heavy atom. The lowest BCUT2D eigenvalue weighted by Crippen LogP contribution is -2.52. The minimum absolute atomic E-state index is 0.0581. The third kappa shape index (κ3) is 13.9. The lowest BCUT2D eigenvalue weighted by atomic mass is 9.92. The summed E-state index contributed by atoms with van der Waals surface area (Å²) < 4.78 is 48.0. The summed E-state index contributed by atoms with van der Waals surface area (Å²) in [6.07, 6.45) is -2.77. The zero-order valence-electron chi connectivity index (χ0n) is 41.0. The smallest absolute Gasteiger partial charge is 0.408 e. The minimum Gasteiger partial charge on any atom is -0.480 e. The minimum atomic E-state index is -2.61. The molecule has 5 rings (SSSR count). The van der Waals surface area contributed by atoms with Gasteiger partial charge in [0.15, 0.2) is 36.5 Å². The topological polar surface area (TPSA) is 177 Å². The second-order valence-electron chi connectivity index (χ2n) is 20.4. The summed E-state index contributed by atoms with van der Waals surface area (Å²) in [6, 6.07) is 16.2. The summed E-state index contributed by atoms with van der Waals surface area (Å²) in [5.74, 6) is 9.18. The third-order valence-electron chi connectivity index (χ3n) is 11.6. The molecule has 67 heavy (non-hydrogen) atoms. The number of aliphatic hydroxyl groups is 2. The molecule has 3 N–H and O–H groups in total. The number of rotatable bonds is 17. The Bertz CT molecular complexity index is 2410. The first-order valence-corrected chi connectivity index (χ1v) is 29.0. The Kier molecular flexibility index (Phi) is 17.3. The van der Waals surface area contributed by atoms with Crippen molar-refractivity contribution in [2.24, 2.45) is 0 Å². The predicted octanol–water partition coefficient (Wildman–Crippen LogP) is 8.05. The highest BCUT2D eigenvalue weighted by Crippen LogP contribution is 2.55. The van der Waals surface area contributed by atoms with E-state index in [0.717, 1.165) is 16.3 Å². The van der Waals surface area contributed by atoms with Gasteiger partial charge in [0.2, 0.25) is 0 Å². The van der Waals surface area contributed by atoms with Gasteiger partial charge in [-0.05, 0) is 79.5 Å². The third-order valence-corrected chi connectivity index (χ3v) is 17.2. The van der Waals surface area contributed by atoms with Gasteiger partial charge in [-0.15, -0.1) is 5.54 Å². The molecular formula is C50H67ClN2O12Si2. The van der Waals surface area contributed by atoms with E-state index in [-0.39, 0.29) is 48.1 Å². The Morgan fingerprint density at radius 3 is 2.31 bits per heavy atom. The molecule has 1 fully saturated rings. The summed E-state index contributed by atoms with van der Waals surface area (Å²) in [6.45, 7) is 21.2. The molecule has 364 valence electrons. The average Bonchev–Trinajstić information content (AvgIpc) is 3.90. The lowest BCUT2D eigenvalue weighted by Gasteiger charge is -2.40. The van der Waals surface area contributed by atoms with Crippen molar-refractivity contribution >= 4 is 50.8 Å². The highest BCUT2D eigenvalue weighted by Gasteiger charge is 2.70. The molecule has 7 atom stereocenters. The van der Waals surface area contributed by atoms with E-state index in [1.165, 1.54) is 14.2 Å². The van der Waals surface area contributed by atoms with Crippen LogP contribution in [0.5, 0.6) is 5.75 Å². The number of esters is 1. The van der Waals surface area contributed by atoms with Gasteiger partial charge in [0.25, 0.3) is 0 Å². The Balaban J connectivity index is 1.57. The van der Waals surface area contributed by atoms with Crippen molar-refractivity contribution in [2.45, 2.75) is 140 Å². The van der Waals surface area contributed by atoms with Crippen LogP contribution >= 0.6 is 11.6 Å². The van der Waals surface area contributed by atoms with E-state index >= 15 is 0 Å². The van der Waals surface area contributed by atoms with Crippen molar-refractivity contribution < 1.29 is 57.4 Å². The molecular weight excluding hydrogens is 912 g/mol. The maximum atomic E-state index is 12.8. The number of nitrogens with zero attached hydrogens (tertiary/aromatic N) is 1. The number of amides is 1. The van der Waals surface area contributed by atoms with Gasteiger partial charge < -0.3 is 53.1 Å². The zero-order valence-corrected chi connectivity index (χ0v) is 43.8. The van der Waals surface area contributed by atoms with Crippen LogP contribution < -0.4 is 10.1 Å². The van der Waals surface area contributed by atoms with Crippen LogP contribution in [0.25, 0.3) is 10.8 Å². The SMILES string of the molecule is COCO[C@H](CO)[C@](O)(C#CC1=C[C@H](Oc2ccc([C@@H](CC(=O)OC)NC(=O)OC(C)(C)C)nc2Cl)[C@H](O[Si](C)(C)C(C)(C)C)[C@@]12O[C@H]2C#C[Si](C)(C)C)COCc1ccc2ccccc2c1. The molecule has 17 heteroatoms. The summed E-state index contributed by atoms with van der Waals surface area (Å²) in [5, 5.41) is 27.4. The maximum absolute atomic E-state index is 12.8. The Labute approximate surface area is 402 Å². The van der Waals surface area contributed by atoms with E-state index in [1.807, 2.05) is 42.5 Å². The van der Waals surface area contributed by atoms with Gasteiger partial charge >= 0.3 is 12.1 Å². The number of aromatic nitrogens is 1. The van der Waals surface area contributed by atoms with Crippen LogP contribution in [0, 0.1) is 23.3 Å². The van der Waals surface area contributed by atoms with Crippen LogP contribution in [-0.2, 0) is 44.2 Å². The second-order valence-corrected chi connectivity index (χ2v) is 30.2. The van der Waals surface area contributed by atoms with E-state index in [2.05, 4.69) is 87.1 Å². The van der Waals surface area contributed by atoms with Crippen LogP contribution in [-0.4, -0.2) is 119 Å². The number of benzene rings is 2. The van der Waals surface area contributed by atoms with Crippen LogP contribution in [0.2, 0.25) is 42.9 Å². The average molecular weight is 980 g/mol. The summed E-state index contributed by atoms with van der Waals surface area (Å²) in [7, 11) is -1.83. The van der Waals surface area contributed by atoms with E-state index < -0.39 is 82.3 Å². The summed E-state index contributed by atoms with van der Waals surface area (Å²) in [5.41, 5.74) is 0.952. The number of ether oxygens (including phenoxy) is 7. The molecule has 1 aliphatic carbocycles. The molecule has 2 aliphatic rings. The number of nitrogens with one attached hydrogen (secondary N) is 1. The number of alkyl carbamates (subject to hydrolysis) is 1. The predicted molar refractivity (Wildman–Crippen MR) is 261 cm³/mol. The fourth-order valence-corrected chi connectivity index (χ4v) is 9.05. The molecule has 2 aromatic carbocycles. The standard InChI is InChI=1S/C50H67ClN2O12Si2/c1-47(2,3)64-46(56)53-38(28-43(55)59-8)37-20-21-39(45(51)52-37)62-40-27-36(50(41(63-50)23-25-66(9,10)11)44(40)65-67(12,13)48(4,5)6)22-24-49(57,42(29-54)61-32-58-7)31-60-30-33-18-19-34-16-14-15-17-35(34)26-33/h14-21,26-27,38,40-42,44,54,57H,28-32H2,1-13H3,(H,53,56)/t38-,40+,41+,42-,44+,49+,50-/m1/s1. The highest BCUT2D eigenvalue weighted by molar-refractivity contribution is 6.83. The van der Waals surface area contributed by atoms with Crippen LogP contribution in [0.1, 0.15) is 65.3 Å². The van der Waals surface area contributed by atoms with Crippen molar-refractivity contribution in [1.82, 2.24) is 10.3 Å². The number of methoxy groups -OCH3 is 2. The van der Waals surface area contributed by atoms with Crippen molar-refractivity contribution in [3.05, 3.63) is 82.7 Å². The molecule has 1 aromatic heterocycles. The summed E-state index contributed by atoms with van der Waals surface area (Å²) >= 11 is 6.88. The van der Waals surface area contributed by atoms with Crippen molar-refractivity contribution in [1.29, 1.82) is 0 Å². The molecule has 0 unspecified atom stereocenters. The number of pyridine rings is 1. The number of fused-ring (bicyclic) bond motifs is 1. The van der Waals surface area contributed by atoms with Crippen LogP contribution in [0.3, 0.4) is 0 Å². The van der Waals surface area contributed by atoms with Gasteiger partial charge in [0, 0.05) is 12.7 Å². The molecule has 0 bridgehead atoms. The zero-order chi connectivity index (χ0) is 49.6. The number of hydrogen-bond donors (Lipinski definition) is 3. The maximum Gasteiger partial charge on any atom is 0.408 e. The number of carbonyl (C=O) groups is 2. The first-order valence-electron chi connectivity index (χ1n) is 22.3. The van der Waals surface area contributed by atoms with Gasteiger partial charge in [-0.25, -0.2) is 9.78 Å². The first-order chi connectivity index (χ1) is 31.2. The van der Waals surface area contributed by atoms with E-state index in [9.17, 15) is 19.8 Å². The molecule has 1 spiro atoms. The van der Waals surface area contributed by atoms with Crippen LogP contribution in [0.4, 0.5) is 4.79 Å². The quantitative estimate of drug-likeness (QED) is 0.0296. The molecule has 2 heterocycles. The monoisotopic (exact) mass is 978 g/mol. The van der Waals surface area contributed by atoms with Gasteiger partial charge in [0.1, 0.15) is 38.8 Å². The first kappa shape index (κ1) is 53.6. The normalized spacial score (nSPS) is 21.2. The molecule has 1 aliphatic heterocycles. The molecule has 14 nitrogen and oxygen atoms in total. The lowest BCUT2D eigenvalue weighted by molar-refractivity contribution is -0.166. The molecule has 0 radical (unpaired) electrons. The fourth-order valence-electron chi connectivity index (χ4n) is 6.99. The van der Waals surface area contributed by atoms with Crippen LogP contribution in [0.15, 0.2) is 66.2 Å². The Morgan fingerprint density at radius 1 is 1.00 bits per heavy atom. The number of epoxide rings is 1. The Hall–Kier alpha value is -4.31. The van der Waals surface area contributed by atoms with Gasteiger partial charge in [-0.3, -0.25) is 4.79 Å². The van der Waals surface area contributed by atoms with Gasteiger partial charge in [-0.2, -0.15) is 0 Å². The largest absolute Gasteiger partial charge is 0.480 e. The number of halogens is 1. The fraction of sp³-hybridized carbons (Fsp3) is 0.540. The number of hydrogen-bond acceptors (Lipinski definition) is 13. The van der Waals surface area contributed by atoms with Gasteiger partial charge in [0.05, 0.1) is 45.1 Å². The molecule has 1 amide bonds. The van der Waals surface area contributed by atoms with Gasteiger partial charge in [-0.1, -0.05) is 106 Å². The van der Waals surface area contributed by atoms with E-state index in [1.54, 1.807) is 39.0 Å². The number of aliphatic hydroxyl groups excluding tert-OH is 1.